The number of H-pyrrole nitrogens is 1. The van der Waals surface area contributed by atoms with Gasteiger partial charge in [-0.05, 0) is 19.1 Å². The molecule has 110 valence electrons. The third-order valence-corrected chi connectivity index (χ3v) is 3.46. The second kappa shape index (κ2) is 6.04. The summed E-state index contributed by atoms with van der Waals surface area (Å²) in [6, 6.07) is 5.77. The largest absolute Gasteiger partial charge is 0.333 e. The molecule has 0 saturated carbocycles. The zero-order chi connectivity index (χ0) is 15.6. The molecule has 0 unspecified atom stereocenters. The van der Waals surface area contributed by atoms with Gasteiger partial charge in [-0.1, -0.05) is 23.9 Å². The fourth-order valence-electron chi connectivity index (χ4n) is 1.78. The number of nitrogens with zero attached hydrogens (tertiary/aromatic N) is 1. The summed E-state index contributed by atoms with van der Waals surface area (Å²) < 4.78 is 25.8. The van der Waals surface area contributed by atoms with Crippen molar-refractivity contribution in [3.8, 4) is 5.69 Å². The van der Waals surface area contributed by atoms with Crippen molar-refractivity contribution >= 4 is 17.5 Å². The lowest BCUT2D eigenvalue weighted by molar-refractivity contribution is 0.101. The van der Waals surface area contributed by atoms with Gasteiger partial charge in [-0.3, -0.25) is 9.59 Å². The summed E-state index contributed by atoms with van der Waals surface area (Å²) in [7, 11) is 0. The average molecular weight is 312 g/mol. The molecule has 8 heteroatoms. The number of aromatic nitrogens is 2. The van der Waals surface area contributed by atoms with Crippen LogP contribution >= 0.6 is 11.8 Å². The Balaban J connectivity index is 2.74. The number of Topliss-reactive ketones (excluding diaryl/α,β-unsaturated/α-hetero) is 1. The number of benzene rings is 1. The van der Waals surface area contributed by atoms with E-state index in [4.69, 9.17) is 0 Å². The van der Waals surface area contributed by atoms with Crippen LogP contribution in [-0.2, 0) is 0 Å². The molecule has 0 saturated heterocycles. The van der Waals surface area contributed by atoms with Gasteiger partial charge >= 0.3 is 5.69 Å². The first-order valence-electron chi connectivity index (χ1n) is 5.81. The predicted octanol–water partition coefficient (Wildman–Crippen LogP) is 2.04. The summed E-state index contributed by atoms with van der Waals surface area (Å²) in [6.07, 6.45) is 1.02. The van der Waals surface area contributed by atoms with E-state index in [1.165, 1.54) is 31.2 Å². The standard InChI is InChI=1S/C13H10F2N2O3S/c1-7(18)8-6-16-13(20)17(11(8)19)9-4-2-3-5-10(9)21-12(14)15/h2-6,12H,1H3,(H,16,20). The Morgan fingerprint density at radius 1 is 1.29 bits per heavy atom. The number of thioether (sulfide) groups is 1. The van der Waals surface area contributed by atoms with E-state index >= 15 is 0 Å². The van der Waals surface area contributed by atoms with E-state index in [1.807, 2.05) is 0 Å². The van der Waals surface area contributed by atoms with E-state index in [0.29, 0.717) is 4.57 Å². The molecule has 0 bridgehead atoms. The first-order chi connectivity index (χ1) is 9.91. The van der Waals surface area contributed by atoms with Crippen LogP contribution in [0.4, 0.5) is 8.78 Å². The summed E-state index contributed by atoms with van der Waals surface area (Å²) in [4.78, 5) is 37.7. The number of hydrogen-bond acceptors (Lipinski definition) is 4. The van der Waals surface area contributed by atoms with E-state index in [1.54, 1.807) is 0 Å². The highest BCUT2D eigenvalue weighted by molar-refractivity contribution is 7.99. The molecule has 0 spiro atoms. The zero-order valence-electron chi connectivity index (χ0n) is 10.8. The minimum Gasteiger partial charge on any atom is -0.313 e. The molecule has 0 aliphatic heterocycles. The van der Waals surface area contributed by atoms with Crippen molar-refractivity contribution in [2.24, 2.45) is 0 Å². The van der Waals surface area contributed by atoms with Crippen molar-refractivity contribution in [1.82, 2.24) is 9.55 Å². The molecule has 2 aromatic rings. The van der Waals surface area contributed by atoms with Crippen molar-refractivity contribution in [2.45, 2.75) is 17.6 Å². The summed E-state index contributed by atoms with van der Waals surface area (Å²) in [5.41, 5.74) is -1.84. The highest BCUT2D eigenvalue weighted by Crippen LogP contribution is 2.29. The van der Waals surface area contributed by atoms with Crippen LogP contribution in [0, 0.1) is 0 Å². The Morgan fingerprint density at radius 2 is 1.95 bits per heavy atom. The number of carbonyl (C=O) groups excluding carboxylic acids is 1. The molecular weight excluding hydrogens is 302 g/mol. The molecule has 5 nitrogen and oxygen atoms in total. The smallest absolute Gasteiger partial charge is 0.313 e. The lowest BCUT2D eigenvalue weighted by atomic mass is 10.2. The Labute approximate surface area is 121 Å². The minimum atomic E-state index is -2.70. The number of para-hydroxylation sites is 1. The normalized spacial score (nSPS) is 10.9. The Bertz CT molecular complexity index is 798. The lowest BCUT2D eigenvalue weighted by Gasteiger charge is -2.10. The van der Waals surface area contributed by atoms with Crippen molar-refractivity contribution in [3.63, 3.8) is 0 Å². The molecule has 0 fully saturated rings. The van der Waals surface area contributed by atoms with Crippen molar-refractivity contribution in [3.05, 3.63) is 56.9 Å². The second-order valence-corrected chi connectivity index (χ2v) is 5.08. The zero-order valence-corrected chi connectivity index (χ0v) is 11.6. The van der Waals surface area contributed by atoms with Crippen molar-refractivity contribution in [1.29, 1.82) is 0 Å². The molecule has 0 aliphatic carbocycles. The molecule has 1 aromatic heterocycles. The molecule has 1 N–H and O–H groups in total. The summed E-state index contributed by atoms with van der Waals surface area (Å²) in [5, 5.41) is 0. The van der Waals surface area contributed by atoms with Crippen LogP contribution in [0.5, 0.6) is 0 Å². The fourth-order valence-corrected chi connectivity index (χ4v) is 2.41. The molecule has 0 aliphatic rings. The predicted molar refractivity (Wildman–Crippen MR) is 74.5 cm³/mol. The molecule has 0 amide bonds. The van der Waals surface area contributed by atoms with Gasteiger partial charge in [0.15, 0.2) is 5.78 Å². The Kier molecular flexibility index (Phi) is 4.37. The first kappa shape index (κ1) is 15.2. The molecule has 21 heavy (non-hydrogen) atoms. The highest BCUT2D eigenvalue weighted by Gasteiger charge is 2.17. The molecule has 2 rings (SSSR count). The van der Waals surface area contributed by atoms with Crippen LogP contribution < -0.4 is 11.2 Å². The maximum atomic E-state index is 12.6. The molecule has 0 radical (unpaired) electrons. The summed E-state index contributed by atoms with van der Waals surface area (Å²) in [6.45, 7) is 1.18. The third-order valence-electron chi connectivity index (χ3n) is 2.68. The first-order valence-corrected chi connectivity index (χ1v) is 6.69. The summed E-state index contributed by atoms with van der Waals surface area (Å²) in [5.74, 6) is -3.22. The third kappa shape index (κ3) is 3.10. The van der Waals surface area contributed by atoms with E-state index in [-0.39, 0.29) is 27.9 Å². The average Bonchev–Trinajstić information content (AvgIpc) is 2.39. The Morgan fingerprint density at radius 3 is 2.57 bits per heavy atom. The van der Waals surface area contributed by atoms with Gasteiger partial charge in [-0.2, -0.15) is 8.78 Å². The number of rotatable bonds is 4. The van der Waals surface area contributed by atoms with Crippen LogP contribution in [0.25, 0.3) is 5.69 Å². The van der Waals surface area contributed by atoms with Crippen LogP contribution in [0.15, 0.2) is 44.9 Å². The number of alkyl halides is 2. The van der Waals surface area contributed by atoms with E-state index < -0.39 is 22.8 Å². The van der Waals surface area contributed by atoms with E-state index in [9.17, 15) is 23.2 Å². The fraction of sp³-hybridized carbons (Fsp3) is 0.154. The van der Waals surface area contributed by atoms with Crippen LogP contribution in [0.2, 0.25) is 0 Å². The molecular formula is C13H10F2N2O3S. The van der Waals surface area contributed by atoms with Crippen molar-refractivity contribution < 1.29 is 13.6 Å². The SMILES string of the molecule is CC(=O)c1c[nH]c(=O)n(-c2ccccc2SC(F)F)c1=O. The second-order valence-electron chi connectivity index (χ2n) is 4.05. The van der Waals surface area contributed by atoms with Gasteiger partial charge in [-0.25, -0.2) is 9.36 Å². The highest BCUT2D eigenvalue weighted by atomic mass is 32.2. The number of ketones is 1. The van der Waals surface area contributed by atoms with Crippen LogP contribution in [-0.4, -0.2) is 21.1 Å². The molecule has 1 heterocycles. The molecule has 1 aromatic carbocycles. The summed E-state index contributed by atoms with van der Waals surface area (Å²) >= 11 is 0.221. The number of carbonyl (C=O) groups is 1. The van der Waals surface area contributed by atoms with Gasteiger partial charge in [0.05, 0.1) is 11.3 Å². The minimum absolute atomic E-state index is 0.0113. The number of aromatic amines is 1. The van der Waals surface area contributed by atoms with Gasteiger partial charge < -0.3 is 4.98 Å². The molecule has 0 atom stereocenters. The van der Waals surface area contributed by atoms with Gasteiger partial charge in [0, 0.05) is 11.1 Å². The monoisotopic (exact) mass is 312 g/mol. The van der Waals surface area contributed by atoms with Crippen LogP contribution in [0.1, 0.15) is 17.3 Å². The van der Waals surface area contributed by atoms with Crippen LogP contribution in [0.3, 0.4) is 0 Å². The topological polar surface area (TPSA) is 71.9 Å². The maximum Gasteiger partial charge on any atom is 0.333 e. The maximum absolute atomic E-state index is 12.6. The van der Waals surface area contributed by atoms with E-state index in [2.05, 4.69) is 4.98 Å². The quantitative estimate of drug-likeness (QED) is 0.693. The number of halogens is 2. The van der Waals surface area contributed by atoms with Gasteiger partial charge in [0.25, 0.3) is 11.3 Å². The van der Waals surface area contributed by atoms with Gasteiger partial charge in [0.2, 0.25) is 0 Å². The number of hydrogen-bond donors (Lipinski definition) is 1. The van der Waals surface area contributed by atoms with Crippen molar-refractivity contribution in [2.75, 3.05) is 0 Å². The van der Waals surface area contributed by atoms with Gasteiger partial charge in [-0.15, -0.1) is 0 Å². The Hall–Kier alpha value is -2.22. The van der Waals surface area contributed by atoms with E-state index in [0.717, 1.165) is 6.20 Å². The lowest BCUT2D eigenvalue weighted by Crippen LogP contribution is -2.36. The number of nitrogens with one attached hydrogen (secondary N) is 1. The van der Waals surface area contributed by atoms with Gasteiger partial charge in [0.1, 0.15) is 0 Å².